The van der Waals surface area contributed by atoms with Crippen LogP contribution in [0.4, 0.5) is 0 Å². The molecule has 0 radical (unpaired) electrons. The van der Waals surface area contributed by atoms with Gasteiger partial charge in [0.25, 0.3) is 0 Å². The molecule has 0 rings (SSSR count). The Morgan fingerprint density at radius 2 is 2.25 bits per heavy atom. The molecule has 0 aromatic heterocycles. The molecule has 0 saturated carbocycles. The van der Waals surface area contributed by atoms with Crippen molar-refractivity contribution in [3.8, 4) is 0 Å². The van der Waals surface area contributed by atoms with Gasteiger partial charge in [0.2, 0.25) is 0 Å². The normalized spacial score (nSPS) is 6.25. The third kappa shape index (κ3) is 2.58. The molecule has 0 fully saturated rings. The first-order valence-electron chi connectivity index (χ1n) is 1.07. The van der Waals surface area contributed by atoms with Crippen LogP contribution in [0.15, 0.2) is 0 Å². The van der Waals surface area contributed by atoms with Crippen LogP contribution in [0.5, 0.6) is 0 Å². The van der Waals surface area contributed by atoms with Crippen molar-refractivity contribution in [3.63, 3.8) is 0 Å². The van der Waals surface area contributed by atoms with Crippen molar-refractivity contribution in [3.05, 3.63) is 0 Å². The van der Waals surface area contributed by atoms with Crippen LogP contribution in [-0.4, -0.2) is 6.62 Å². The second-order valence-corrected chi connectivity index (χ2v) is 1.93. The molecule has 0 bridgehead atoms. The van der Waals surface area contributed by atoms with Crippen LogP contribution in [0.2, 0.25) is 6.82 Å². The van der Waals surface area contributed by atoms with Crippen LogP contribution in [0.3, 0.4) is 0 Å². The molecule has 0 aliphatic heterocycles. The first kappa shape index (κ1) is 4.58. The van der Waals surface area contributed by atoms with Gasteiger partial charge in [-0.2, -0.15) is 0 Å². The summed E-state index contributed by atoms with van der Waals surface area (Å²) in [5.74, 6) is 0. The van der Waals surface area contributed by atoms with Crippen LogP contribution in [0.25, 0.3) is 0 Å². The molecule has 3 heteroatoms. The van der Waals surface area contributed by atoms with Gasteiger partial charge in [-0.1, -0.05) is 0 Å². The maximum atomic E-state index is 4.53. The third-order valence-corrected chi connectivity index (χ3v) is 1.06. The Morgan fingerprint density at radius 3 is 2.25 bits per heavy atom. The van der Waals surface area contributed by atoms with Crippen molar-refractivity contribution in [2.45, 2.75) is 6.82 Å². The van der Waals surface area contributed by atoms with Crippen LogP contribution in [-0.2, 0) is 11.8 Å². The zero-order valence-corrected chi connectivity index (χ0v) is 4.30. The van der Waals surface area contributed by atoms with Crippen LogP contribution in [0, 0.1) is 0 Å². The predicted octanol–water partition coefficient (Wildman–Crippen LogP) is 0.794. The third-order valence-electron chi connectivity index (χ3n) is 0.118. The van der Waals surface area contributed by atoms with E-state index in [2.05, 4.69) is 11.8 Å². The quantitative estimate of drug-likeness (QED) is 0.313. The van der Waals surface area contributed by atoms with Gasteiger partial charge in [-0.05, 0) is 0 Å². The molecule has 0 aromatic carbocycles. The zero-order chi connectivity index (χ0) is 3.41. The fourth-order valence-corrected chi connectivity index (χ4v) is 0. The van der Waals surface area contributed by atoms with Gasteiger partial charge in [0.1, 0.15) is 0 Å². The van der Waals surface area contributed by atoms with Gasteiger partial charge >= 0.3 is 32.1 Å². The first-order valence-corrected chi connectivity index (χ1v) is 3.28. The van der Waals surface area contributed by atoms with Crippen molar-refractivity contribution in [2.75, 3.05) is 0 Å². The average Bonchev–Trinajstić information content (AvgIpc) is 1.37. The minimum absolute atomic E-state index is 0.599. The molecule has 0 aliphatic rings. The van der Waals surface area contributed by atoms with Crippen molar-refractivity contribution in [1.29, 1.82) is 0 Å². The summed E-state index contributed by atoms with van der Waals surface area (Å²) in [5.41, 5.74) is 0. The summed E-state index contributed by atoms with van der Waals surface area (Å²) in [7, 11) is 0. The van der Waals surface area contributed by atoms with E-state index in [0.29, 0.717) is 6.85 Å². The molecular weight excluding hydrogens is 85.9 g/mol. The summed E-state index contributed by atoms with van der Waals surface area (Å²) in [6.07, 6.45) is 0. The van der Waals surface area contributed by atoms with Crippen LogP contribution >= 0.6 is 6.85 Å². The van der Waals surface area contributed by atoms with Gasteiger partial charge in [-0.15, -0.1) is 0 Å². The fourth-order valence-electron chi connectivity index (χ4n) is 0. The van der Waals surface area contributed by atoms with Crippen molar-refractivity contribution < 1.29 is 0 Å². The maximum absolute atomic E-state index is 4.53. The molecule has 22 valence electrons. The molecule has 1 unspecified atom stereocenters. The molecule has 0 saturated heterocycles. The molecule has 0 aliphatic carbocycles. The van der Waals surface area contributed by atoms with E-state index in [0.717, 1.165) is 0 Å². The minimum atomic E-state index is 0.599. The van der Waals surface area contributed by atoms with Crippen molar-refractivity contribution in [2.24, 2.45) is 0 Å². The molecule has 0 amide bonds. The summed E-state index contributed by atoms with van der Waals surface area (Å²) in [5, 5.41) is 0. The van der Waals surface area contributed by atoms with E-state index in [1.807, 2.05) is 13.4 Å². The van der Waals surface area contributed by atoms with Crippen molar-refractivity contribution >= 4 is 25.3 Å². The van der Waals surface area contributed by atoms with E-state index in [-0.39, 0.29) is 0 Å². The molecule has 0 nitrogen and oxygen atoms in total. The number of hydrogen-bond donors (Lipinski definition) is 0. The zero-order valence-electron chi connectivity index (χ0n) is 2.49. The Bertz CT molecular complexity index is 46.0. The standard InChI is InChI=1S/CH4BPS/c1-2-3-4/h3H,1H3. The van der Waals surface area contributed by atoms with Gasteiger partial charge in [0, 0.05) is 0 Å². The van der Waals surface area contributed by atoms with E-state index < -0.39 is 0 Å². The van der Waals surface area contributed by atoms with Crippen LogP contribution in [0.1, 0.15) is 0 Å². The molecule has 0 aromatic rings. The first-order chi connectivity index (χ1) is 1.91. The Kier molecular flexibility index (Phi) is 4.11. The molecule has 0 spiro atoms. The van der Waals surface area contributed by atoms with E-state index in [4.69, 9.17) is 0 Å². The number of hydrogen-bond acceptors (Lipinski definition) is 1. The van der Waals surface area contributed by atoms with Gasteiger partial charge in [-0.25, -0.2) is 0 Å². The molecule has 0 heterocycles. The number of rotatable bonds is 0. The van der Waals surface area contributed by atoms with E-state index in [1.165, 1.54) is 0 Å². The van der Waals surface area contributed by atoms with Gasteiger partial charge in [0.05, 0.1) is 0 Å². The Hall–Kier alpha value is 0.585. The van der Waals surface area contributed by atoms with Gasteiger partial charge < -0.3 is 0 Å². The molecule has 0 N–H and O–H groups in total. The average molecular weight is 89.9 g/mol. The second-order valence-electron chi connectivity index (χ2n) is 0.407. The molecular formula is CH4BPS. The van der Waals surface area contributed by atoms with Gasteiger partial charge in [0.15, 0.2) is 0 Å². The summed E-state index contributed by atoms with van der Waals surface area (Å²) in [4.78, 5) is 0. The second kappa shape index (κ2) is 3.58. The predicted molar refractivity (Wildman–Crippen MR) is 27.3 cm³/mol. The fraction of sp³-hybridized carbons (Fsp3) is 1.00. The topological polar surface area (TPSA) is 0 Å². The summed E-state index contributed by atoms with van der Waals surface area (Å²) < 4.78 is 0. The van der Waals surface area contributed by atoms with Crippen molar-refractivity contribution in [1.82, 2.24) is 0 Å². The summed E-state index contributed by atoms with van der Waals surface area (Å²) >= 11 is 4.53. The van der Waals surface area contributed by atoms with Gasteiger partial charge in [-0.3, -0.25) is 0 Å². The van der Waals surface area contributed by atoms with E-state index in [9.17, 15) is 0 Å². The monoisotopic (exact) mass is 90.0 g/mol. The van der Waals surface area contributed by atoms with E-state index >= 15 is 0 Å². The van der Waals surface area contributed by atoms with Crippen LogP contribution < -0.4 is 0 Å². The Balaban J connectivity index is 3.11. The molecule has 4 heavy (non-hydrogen) atoms. The Morgan fingerprint density at radius 1 is 2.00 bits per heavy atom. The summed E-state index contributed by atoms with van der Waals surface area (Å²) in [6.45, 7) is 4.53. The Labute approximate surface area is 32.9 Å². The van der Waals surface area contributed by atoms with E-state index in [1.54, 1.807) is 0 Å². The molecule has 1 atom stereocenters. The summed E-state index contributed by atoms with van der Waals surface area (Å²) in [6, 6.07) is 0. The SMILES string of the molecule is CB=[PH]=S.